The number of benzene rings is 1. The molecule has 1 heterocycles. The monoisotopic (exact) mass is 340 g/mol. The second-order valence-corrected chi connectivity index (χ2v) is 8.16. The molecule has 6 nitrogen and oxygen atoms in total. The van der Waals surface area contributed by atoms with E-state index in [2.05, 4.69) is 19.2 Å². The normalized spacial score (nSPS) is 17.6. The van der Waals surface area contributed by atoms with E-state index in [4.69, 9.17) is 4.74 Å². The van der Waals surface area contributed by atoms with Gasteiger partial charge in [0, 0.05) is 6.54 Å². The van der Waals surface area contributed by atoms with Gasteiger partial charge in [0.1, 0.15) is 5.75 Å². The van der Waals surface area contributed by atoms with Crippen LogP contribution in [0, 0.1) is 5.92 Å². The average Bonchev–Trinajstić information content (AvgIpc) is 2.53. The third-order valence-corrected chi connectivity index (χ3v) is 5.50. The number of fused-ring (bicyclic) bond motifs is 1. The maximum Gasteiger partial charge on any atom is 0.263 e. The van der Waals surface area contributed by atoms with Gasteiger partial charge in [-0.3, -0.25) is 9.10 Å². The Morgan fingerprint density at radius 2 is 2.09 bits per heavy atom. The summed E-state index contributed by atoms with van der Waals surface area (Å²) >= 11 is 0. The van der Waals surface area contributed by atoms with Gasteiger partial charge in [-0.1, -0.05) is 26.0 Å². The second-order valence-electron chi connectivity index (χ2n) is 5.98. The number of ether oxygens (including phenoxy) is 1. The summed E-state index contributed by atoms with van der Waals surface area (Å²) in [6, 6.07) is 6.88. The molecular formula is C16H24N2O4S. The molecule has 0 aliphatic carbocycles. The first-order valence-corrected chi connectivity index (χ1v) is 9.50. The van der Waals surface area contributed by atoms with Gasteiger partial charge in [0.05, 0.1) is 18.0 Å². The van der Waals surface area contributed by atoms with Crippen molar-refractivity contribution in [3.63, 3.8) is 0 Å². The number of carbonyl (C=O) groups is 1. The molecule has 0 bridgehead atoms. The van der Waals surface area contributed by atoms with Gasteiger partial charge < -0.3 is 10.1 Å². The topological polar surface area (TPSA) is 75.7 Å². The maximum atomic E-state index is 12.3. The largest absolute Gasteiger partial charge is 0.476 e. The molecule has 1 aliphatic heterocycles. The Balaban J connectivity index is 2.18. The number of hydrogen-bond donors (Lipinski definition) is 1. The smallest absolute Gasteiger partial charge is 0.263 e. The van der Waals surface area contributed by atoms with Gasteiger partial charge in [-0.2, -0.15) is 0 Å². The van der Waals surface area contributed by atoms with Crippen LogP contribution in [0.5, 0.6) is 5.75 Å². The third kappa shape index (κ3) is 4.16. The van der Waals surface area contributed by atoms with Crippen molar-refractivity contribution >= 4 is 21.6 Å². The van der Waals surface area contributed by atoms with E-state index in [-0.39, 0.29) is 18.2 Å². The summed E-state index contributed by atoms with van der Waals surface area (Å²) in [4.78, 5) is 12.3. The lowest BCUT2D eigenvalue weighted by atomic mass is 10.1. The molecule has 23 heavy (non-hydrogen) atoms. The fourth-order valence-corrected chi connectivity index (χ4v) is 3.48. The molecule has 1 aliphatic rings. The highest BCUT2D eigenvalue weighted by atomic mass is 32.2. The van der Waals surface area contributed by atoms with E-state index in [0.29, 0.717) is 23.9 Å². The van der Waals surface area contributed by atoms with E-state index in [9.17, 15) is 13.2 Å². The lowest BCUT2D eigenvalue weighted by Crippen LogP contribution is -2.51. The molecule has 7 heteroatoms. The minimum absolute atomic E-state index is 0.000693. The molecule has 0 spiro atoms. The highest BCUT2D eigenvalue weighted by molar-refractivity contribution is 7.92. The number of amides is 1. The number of para-hydroxylation sites is 2. The van der Waals surface area contributed by atoms with Crippen LogP contribution in [-0.2, 0) is 14.8 Å². The summed E-state index contributed by atoms with van der Waals surface area (Å²) in [7, 11) is -3.46. The molecule has 1 atom stereocenters. The van der Waals surface area contributed by atoms with E-state index in [1.165, 1.54) is 4.31 Å². The highest BCUT2D eigenvalue weighted by Gasteiger charge is 2.35. The second kappa shape index (κ2) is 7.21. The van der Waals surface area contributed by atoms with Gasteiger partial charge in [-0.15, -0.1) is 0 Å². The van der Waals surface area contributed by atoms with E-state index in [1.54, 1.807) is 31.2 Å². The van der Waals surface area contributed by atoms with Crippen molar-refractivity contribution in [2.45, 2.75) is 33.3 Å². The first-order valence-electron chi connectivity index (χ1n) is 7.89. The number of nitrogens with one attached hydrogen (secondary N) is 1. The summed E-state index contributed by atoms with van der Waals surface area (Å²) in [6.07, 6.45) is 0.0323. The van der Waals surface area contributed by atoms with Gasteiger partial charge in [-0.05, 0) is 31.4 Å². The van der Waals surface area contributed by atoms with Crippen molar-refractivity contribution in [1.29, 1.82) is 0 Å². The number of carbonyl (C=O) groups excluding carboxylic acids is 1. The van der Waals surface area contributed by atoms with Crippen molar-refractivity contribution in [3.8, 4) is 5.75 Å². The predicted molar refractivity (Wildman–Crippen MR) is 90.1 cm³/mol. The summed E-state index contributed by atoms with van der Waals surface area (Å²) in [5.41, 5.74) is 0.487. The Labute approximate surface area is 137 Å². The minimum atomic E-state index is -3.46. The van der Waals surface area contributed by atoms with Crippen LogP contribution in [0.2, 0.25) is 0 Å². The Morgan fingerprint density at radius 3 is 2.74 bits per heavy atom. The Bertz CT molecular complexity index is 658. The molecule has 0 saturated heterocycles. The fraction of sp³-hybridized carbons (Fsp3) is 0.562. The van der Waals surface area contributed by atoms with E-state index < -0.39 is 16.1 Å². The van der Waals surface area contributed by atoms with Crippen molar-refractivity contribution in [2.75, 3.05) is 23.1 Å². The van der Waals surface area contributed by atoms with Crippen LogP contribution in [0.4, 0.5) is 5.69 Å². The van der Waals surface area contributed by atoms with Gasteiger partial charge in [-0.25, -0.2) is 8.42 Å². The number of hydrogen-bond acceptors (Lipinski definition) is 4. The molecule has 1 N–H and O–H groups in total. The zero-order valence-electron chi connectivity index (χ0n) is 13.8. The Kier molecular flexibility index (Phi) is 5.51. The molecule has 0 unspecified atom stereocenters. The third-order valence-electron chi connectivity index (χ3n) is 3.75. The number of anilines is 1. The quantitative estimate of drug-likeness (QED) is 0.856. The first kappa shape index (κ1) is 17.6. The van der Waals surface area contributed by atoms with Crippen LogP contribution in [0.15, 0.2) is 24.3 Å². The zero-order chi connectivity index (χ0) is 17.0. The lowest BCUT2D eigenvalue weighted by Gasteiger charge is -2.34. The highest BCUT2D eigenvalue weighted by Crippen LogP contribution is 2.34. The molecular weight excluding hydrogens is 316 g/mol. The van der Waals surface area contributed by atoms with Crippen molar-refractivity contribution in [3.05, 3.63) is 24.3 Å². The average molecular weight is 340 g/mol. The van der Waals surface area contributed by atoms with E-state index >= 15 is 0 Å². The van der Waals surface area contributed by atoms with Gasteiger partial charge in [0.15, 0.2) is 6.10 Å². The maximum absolute atomic E-state index is 12.3. The lowest BCUT2D eigenvalue weighted by molar-refractivity contribution is -0.127. The molecule has 0 aromatic heterocycles. The minimum Gasteiger partial charge on any atom is -0.476 e. The summed E-state index contributed by atoms with van der Waals surface area (Å²) < 4.78 is 31.6. The summed E-state index contributed by atoms with van der Waals surface area (Å²) in [5.74, 6) is 0.597. The molecule has 0 radical (unpaired) electrons. The fourth-order valence-electron chi connectivity index (χ4n) is 2.36. The van der Waals surface area contributed by atoms with Crippen LogP contribution in [0.25, 0.3) is 0 Å². The van der Waals surface area contributed by atoms with Crippen molar-refractivity contribution in [2.24, 2.45) is 5.92 Å². The SMILES string of the molecule is CCS(=O)(=O)N1C[C@H](C(=O)NCCC(C)C)Oc2ccccc21. The standard InChI is InChI=1S/C16H24N2O4S/c1-4-23(20,21)18-11-15(16(19)17-10-9-12(2)3)22-14-8-6-5-7-13(14)18/h5-8,12,15H,4,9-11H2,1-3H3,(H,17,19)/t15-/m1/s1. The number of nitrogens with zero attached hydrogens (tertiary/aromatic N) is 1. The Morgan fingerprint density at radius 1 is 1.39 bits per heavy atom. The molecule has 1 aromatic carbocycles. The molecule has 1 amide bonds. The van der Waals surface area contributed by atoms with Crippen LogP contribution >= 0.6 is 0 Å². The number of sulfonamides is 1. The van der Waals surface area contributed by atoms with Crippen LogP contribution in [-0.4, -0.2) is 39.3 Å². The molecule has 0 saturated carbocycles. The first-order chi connectivity index (χ1) is 10.8. The van der Waals surface area contributed by atoms with E-state index in [1.807, 2.05) is 0 Å². The van der Waals surface area contributed by atoms with Gasteiger partial charge in [0.2, 0.25) is 10.0 Å². The predicted octanol–water partition coefficient (Wildman–Crippen LogP) is 1.77. The Hall–Kier alpha value is -1.76. The zero-order valence-corrected chi connectivity index (χ0v) is 14.6. The van der Waals surface area contributed by atoms with Crippen LogP contribution < -0.4 is 14.4 Å². The van der Waals surface area contributed by atoms with Crippen molar-refractivity contribution in [1.82, 2.24) is 5.32 Å². The molecule has 2 rings (SSSR count). The van der Waals surface area contributed by atoms with Crippen LogP contribution in [0.1, 0.15) is 27.2 Å². The van der Waals surface area contributed by atoms with Gasteiger partial charge >= 0.3 is 0 Å². The van der Waals surface area contributed by atoms with E-state index in [0.717, 1.165) is 6.42 Å². The van der Waals surface area contributed by atoms with Crippen molar-refractivity contribution < 1.29 is 17.9 Å². The van der Waals surface area contributed by atoms with Gasteiger partial charge in [0.25, 0.3) is 5.91 Å². The number of rotatable bonds is 6. The summed E-state index contributed by atoms with van der Waals surface area (Å²) in [6.45, 7) is 6.30. The molecule has 128 valence electrons. The molecule has 0 fully saturated rings. The molecule has 1 aromatic rings. The summed E-state index contributed by atoms with van der Waals surface area (Å²) in [5, 5.41) is 2.82. The van der Waals surface area contributed by atoms with Crippen LogP contribution in [0.3, 0.4) is 0 Å².